The molecule has 0 spiro atoms. The van der Waals surface area contributed by atoms with Gasteiger partial charge in [-0.1, -0.05) is 31.0 Å². The maximum Gasteiger partial charge on any atom is 0.233 e. The number of hydrogen-bond donors (Lipinski definition) is 0. The van der Waals surface area contributed by atoms with Gasteiger partial charge in [0, 0.05) is 50.0 Å². The molecule has 2 amide bonds. The molecule has 4 fully saturated rings. The molecule has 3 unspecified atom stereocenters. The van der Waals surface area contributed by atoms with Crippen LogP contribution in [0, 0.1) is 23.7 Å². The van der Waals surface area contributed by atoms with Gasteiger partial charge >= 0.3 is 0 Å². The fraction of sp³-hybridized carbons (Fsp3) is 0.692. The minimum Gasteiger partial charge on any atom is -0.375 e. The maximum absolute atomic E-state index is 13.2. The first-order valence-corrected chi connectivity index (χ1v) is 13.1. The lowest BCUT2D eigenvalue weighted by Crippen LogP contribution is -2.51. The summed E-state index contributed by atoms with van der Waals surface area (Å²) in [5, 5.41) is 0.762. The van der Waals surface area contributed by atoms with Crippen molar-refractivity contribution >= 4 is 29.1 Å². The number of hydrogen-bond acceptors (Lipinski definition) is 5. The molecule has 2 bridgehead atoms. The number of piperazine rings is 1. The van der Waals surface area contributed by atoms with Crippen LogP contribution in [0.5, 0.6) is 0 Å². The molecule has 5 rings (SSSR count). The number of carbonyl (C=O) groups is 2. The molecule has 4 aliphatic rings. The smallest absolute Gasteiger partial charge is 0.233 e. The molecular formula is C26H36ClN3O3. The van der Waals surface area contributed by atoms with E-state index in [0.717, 1.165) is 75.5 Å². The number of carbonyl (C=O) groups excluding carboxylic acids is 2. The highest BCUT2D eigenvalue weighted by Crippen LogP contribution is 2.56. The van der Waals surface area contributed by atoms with Gasteiger partial charge in [-0.15, -0.1) is 0 Å². The summed E-state index contributed by atoms with van der Waals surface area (Å²) in [7, 11) is 0. The first-order valence-electron chi connectivity index (χ1n) is 12.7. The molecule has 180 valence electrons. The molecule has 2 saturated carbocycles. The van der Waals surface area contributed by atoms with Crippen molar-refractivity contribution in [2.75, 3.05) is 50.8 Å². The van der Waals surface area contributed by atoms with Crippen molar-refractivity contribution in [3.8, 4) is 0 Å². The minimum atomic E-state index is -0.126. The van der Waals surface area contributed by atoms with Crippen LogP contribution in [-0.2, 0) is 14.3 Å². The van der Waals surface area contributed by atoms with Crippen LogP contribution in [0.3, 0.4) is 0 Å². The summed E-state index contributed by atoms with van der Waals surface area (Å²) in [6.07, 6.45) is 5.25. The van der Waals surface area contributed by atoms with Crippen molar-refractivity contribution < 1.29 is 14.3 Å². The second-order valence-electron chi connectivity index (χ2n) is 10.3. The summed E-state index contributed by atoms with van der Waals surface area (Å²) >= 11 is 6.17. The van der Waals surface area contributed by atoms with Gasteiger partial charge in [0.25, 0.3) is 0 Å². The fourth-order valence-electron chi connectivity index (χ4n) is 6.56. The number of ether oxygens (including phenoxy) is 1. The van der Waals surface area contributed by atoms with Gasteiger partial charge in [-0.25, -0.2) is 0 Å². The van der Waals surface area contributed by atoms with Crippen LogP contribution >= 0.6 is 11.6 Å². The predicted molar refractivity (Wildman–Crippen MR) is 129 cm³/mol. The van der Waals surface area contributed by atoms with Crippen LogP contribution in [0.1, 0.15) is 39.0 Å². The zero-order valence-electron chi connectivity index (χ0n) is 19.6. The Bertz CT molecular complexity index is 844. The first-order chi connectivity index (χ1) is 16.0. The van der Waals surface area contributed by atoms with Crippen LogP contribution < -0.4 is 4.90 Å². The Kier molecular flexibility index (Phi) is 6.96. The maximum atomic E-state index is 13.2. The van der Waals surface area contributed by atoms with Gasteiger partial charge in [0.1, 0.15) is 0 Å². The van der Waals surface area contributed by atoms with Crippen LogP contribution in [0.4, 0.5) is 5.69 Å². The van der Waals surface area contributed by atoms with E-state index in [1.165, 1.54) is 0 Å². The van der Waals surface area contributed by atoms with E-state index in [1.807, 2.05) is 18.2 Å². The van der Waals surface area contributed by atoms with E-state index in [2.05, 4.69) is 22.8 Å². The normalized spacial score (nSPS) is 30.4. The lowest BCUT2D eigenvalue weighted by atomic mass is 9.81. The van der Waals surface area contributed by atoms with Crippen molar-refractivity contribution in [1.82, 2.24) is 9.80 Å². The number of halogens is 1. The third-order valence-corrected chi connectivity index (χ3v) is 8.50. The molecular weight excluding hydrogens is 438 g/mol. The molecule has 1 aromatic rings. The Morgan fingerprint density at radius 1 is 1.03 bits per heavy atom. The van der Waals surface area contributed by atoms with E-state index in [-0.39, 0.29) is 29.8 Å². The summed E-state index contributed by atoms with van der Waals surface area (Å²) in [5.74, 6) is 0.919. The molecule has 1 aromatic carbocycles. The minimum absolute atomic E-state index is 0.0474. The Morgan fingerprint density at radius 2 is 1.73 bits per heavy atom. The highest BCUT2D eigenvalue weighted by atomic mass is 35.5. The van der Waals surface area contributed by atoms with Gasteiger partial charge in [0.15, 0.2) is 0 Å². The number of anilines is 1. The van der Waals surface area contributed by atoms with Crippen LogP contribution in [0.15, 0.2) is 24.3 Å². The largest absolute Gasteiger partial charge is 0.375 e. The number of amides is 2. The van der Waals surface area contributed by atoms with E-state index in [0.29, 0.717) is 25.0 Å². The van der Waals surface area contributed by atoms with Gasteiger partial charge in [-0.2, -0.15) is 0 Å². The molecule has 2 heterocycles. The highest BCUT2D eigenvalue weighted by Gasteiger charge is 2.60. The van der Waals surface area contributed by atoms with Crippen molar-refractivity contribution in [3.63, 3.8) is 0 Å². The summed E-state index contributed by atoms with van der Waals surface area (Å²) in [6.45, 7) is 7.70. The standard InChI is InChI=1S/C26H36ClN3O3/c1-2-3-13-33-22(16-28-9-11-29(12-10-28)21-6-4-5-20(27)15-21)17-30-25(31)23-18-7-8-19(14-18)24(23)26(30)32/h4-6,15,18-19,22-24H,2-3,7-14,16-17H2,1H3/t18-,19?,22?,23-,24?/m0/s1. The lowest BCUT2D eigenvalue weighted by molar-refractivity contribution is -0.143. The Morgan fingerprint density at radius 3 is 2.36 bits per heavy atom. The summed E-state index contributed by atoms with van der Waals surface area (Å²) in [6, 6.07) is 8.02. The molecule has 2 aliphatic heterocycles. The van der Waals surface area contributed by atoms with Crippen molar-refractivity contribution in [1.29, 1.82) is 0 Å². The SMILES string of the molecule is CCCCOC(CN1CCN(c2cccc(Cl)c2)CC1)CN1C(=O)C2C3CC[C@@H](C3)[C@@H]2C1=O. The van der Waals surface area contributed by atoms with E-state index >= 15 is 0 Å². The number of imide groups is 1. The average Bonchev–Trinajstić information content (AvgIpc) is 3.50. The van der Waals surface area contributed by atoms with E-state index in [9.17, 15) is 9.59 Å². The second kappa shape index (κ2) is 9.93. The Hall–Kier alpha value is -1.63. The van der Waals surface area contributed by atoms with Gasteiger partial charge in [0.05, 0.1) is 24.5 Å². The molecule has 6 nitrogen and oxygen atoms in total. The quantitative estimate of drug-likeness (QED) is 0.404. The molecule has 0 N–H and O–H groups in total. The molecule has 33 heavy (non-hydrogen) atoms. The van der Waals surface area contributed by atoms with Crippen molar-refractivity contribution in [3.05, 3.63) is 29.3 Å². The number of fused-ring (bicyclic) bond motifs is 5. The number of rotatable bonds is 9. The van der Waals surface area contributed by atoms with Crippen LogP contribution in [-0.4, -0.2) is 73.6 Å². The number of benzene rings is 1. The topological polar surface area (TPSA) is 53.1 Å². The Balaban J connectivity index is 1.20. The zero-order valence-corrected chi connectivity index (χ0v) is 20.4. The number of unbranched alkanes of at least 4 members (excludes halogenated alkanes) is 1. The lowest BCUT2D eigenvalue weighted by Gasteiger charge is -2.38. The van der Waals surface area contributed by atoms with Crippen molar-refractivity contribution in [2.24, 2.45) is 23.7 Å². The molecule has 0 radical (unpaired) electrons. The van der Waals surface area contributed by atoms with E-state index in [4.69, 9.17) is 16.3 Å². The molecule has 2 saturated heterocycles. The summed E-state index contributed by atoms with van der Waals surface area (Å²) < 4.78 is 6.24. The van der Waals surface area contributed by atoms with Gasteiger partial charge in [-0.3, -0.25) is 19.4 Å². The molecule has 2 aliphatic carbocycles. The third kappa shape index (κ3) is 4.67. The van der Waals surface area contributed by atoms with E-state index < -0.39 is 0 Å². The summed E-state index contributed by atoms with van der Waals surface area (Å²) in [4.78, 5) is 32.7. The molecule has 7 heteroatoms. The number of nitrogens with zero attached hydrogens (tertiary/aromatic N) is 3. The second-order valence-corrected chi connectivity index (χ2v) is 10.7. The molecule has 0 aromatic heterocycles. The fourth-order valence-corrected chi connectivity index (χ4v) is 6.75. The highest BCUT2D eigenvalue weighted by molar-refractivity contribution is 6.30. The van der Waals surface area contributed by atoms with Gasteiger partial charge in [0.2, 0.25) is 11.8 Å². The third-order valence-electron chi connectivity index (χ3n) is 8.26. The monoisotopic (exact) mass is 473 g/mol. The predicted octanol–water partition coefficient (Wildman–Crippen LogP) is 3.68. The van der Waals surface area contributed by atoms with Crippen LogP contribution in [0.2, 0.25) is 5.02 Å². The Labute approximate surface area is 202 Å². The first kappa shape index (κ1) is 23.1. The van der Waals surface area contributed by atoms with Crippen LogP contribution in [0.25, 0.3) is 0 Å². The number of likely N-dealkylation sites (tertiary alicyclic amines) is 1. The average molecular weight is 474 g/mol. The van der Waals surface area contributed by atoms with Gasteiger partial charge < -0.3 is 9.64 Å². The zero-order chi connectivity index (χ0) is 22.9. The van der Waals surface area contributed by atoms with Gasteiger partial charge in [-0.05, 0) is 55.7 Å². The molecule has 5 atom stereocenters. The van der Waals surface area contributed by atoms with E-state index in [1.54, 1.807) is 4.90 Å². The van der Waals surface area contributed by atoms with Crippen molar-refractivity contribution in [2.45, 2.75) is 45.1 Å². The summed E-state index contributed by atoms with van der Waals surface area (Å²) in [5.41, 5.74) is 1.16.